The third-order valence-electron chi connectivity index (χ3n) is 4.51. The van der Waals surface area contributed by atoms with Gasteiger partial charge in [0.2, 0.25) is 5.91 Å². The Balaban J connectivity index is 1.92. The van der Waals surface area contributed by atoms with E-state index in [1.54, 1.807) is 19.2 Å². The lowest BCUT2D eigenvalue weighted by atomic mass is 9.78. The number of methoxy groups -OCH3 is 1. The van der Waals surface area contributed by atoms with E-state index in [-0.39, 0.29) is 17.8 Å². The number of piperidine rings is 1. The van der Waals surface area contributed by atoms with Crippen molar-refractivity contribution in [3.8, 4) is 5.75 Å². The summed E-state index contributed by atoms with van der Waals surface area (Å²) < 4.78 is 24.3. The molecule has 0 radical (unpaired) electrons. The van der Waals surface area contributed by atoms with E-state index in [2.05, 4.69) is 10.6 Å². The summed E-state index contributed by atoms with van der Waals surface area (Å²) in [6.45, 7) is 4.42. The van der Waals surface area contributed by atoms with Crippen LogP contribution in [0, 0.1) is 11.2 Å². The number of halogens is 1. The smallest absolute Gasteiger partial charge is 0.228 e. The molecule has 0 spiro atoms. The molecular formula is C18H27FN2O3. The van der Waals surface area contributed by atoms with Crippen LogP contribution < -0.4 is 15.4 Å². The minimum atomic E-state index is -0.475. The van der Waals surface area contributed by atoms with E-state index >= 15 is 0 Å². The number of amides is 1. The van der Waals surface area contributed by atoms with Gasteiger partial charge in [0.1, 0.15) is 17.7 Å². The van der Waals surface area contributed by atoms with Crippen LogP contribution in [0.2, 0.25) is 0 Å². The summed E-state index contributed by atoms with van der Waals surface area (Å²) in [5, 5.41) is 6.27. The van der Waals surface area contributed by atoms with Crippen molar-refractivity contribution in [1.29, 1.82) is 0 Å². The standard InChI is InChI=1S/C18H27FN2O3/c1-3-15(24-16-6-4-5-14(19)11-16)12-21-17(22)18(13-23-2)7-9-20-10-8-18/h4-6,11,15,20H,3,7-10,12-13H2,1-2H3,(H,21,22). The lowest BCUT2D eigenvalue weighted by molar-refractivity contribution is -0.136. The molecule has 1 aliphatic heterocycles. The highest BCUT2D eigenvalue weighted by atomic mass is 19.1. The lowest BCUT2D eigenvalue weighted by Gasteiger charge is -2.35. The third-order valence-corrected chi connectivity index (χ3v) is 4.51. The maximum atomic E-state index is 13.2. The average molecular weight is 338 g/mol. The molecule has 2 N–H and O–H groups in total. The monoisotopic (exact) mass is 338 g/mol. The van der Waals surface area contributed by atoms with Crippen molar-refractivity contribution in [1.82, 2.24) is 10.6 Å². The van der Waals surface area contributed by atoms with E-state index in [4.69, 9.17) is 9.47 Å². The number of carbonyl (C=O) groups excluding carboxylic acids is 1. The molecule has 1 unspecified atom stereocenters. The van der Waals surface area contributed by atoms with Crippen molar-refractivity contribution in [3.05, 3.63) is 30.1 Å². The lowest BCUT2D eigenvalue weighted by Crippen LogP contribution is -2.51. The van der Waals surface area contributed by atoms with Gasteiger partial charge in [0.15, 0.2) is 0 Å². The van der Waals surface area contributed by atoms with Gasteiger partial charge in [0.25, 0.3) is 0 Å². The van der Waals surface area contributed by atoms with Crippen molar-refractivity contribution in [2.24, 2.45) is 5.41 Å². The van der Waals surface area contributed by atoms with Crippen molar-refractivity contribution in [2.75, 3.05) is 33.4 Å². The number of nitrogens with one attached hydrogen (secondary N) is 2. The average Bonchev–Trinajstić information content (AvgIpc) is 2.59. The van der Waals surface area contributed by atoms with Gasteiger partial charge in [-0.1, -0.05) is 13.0 Å². The summed E-state index contributed by atoms with van der Waals surface area (Å²) >= 11 is 0. The zero-order chi connectivity index (χ0) is 17.4. The molecule has 5 nitrogen and oxygen atoms in total. The summed E-state index contributed by atoms with van der Waals surface area (Å²) in [5.74, 6) is 0.150. The zero-order valence-electron chi connectivity index (χ0n) is 14.4. The van der Waals surface area contributed by atoms with Crippen molar-refractivity contribution < 1.29 is 18.7 Å². The second-order valence-electron chi connectivity index (χ2n) is 6.28. The molecule has 2 rings (SSSR count). The summed E-state index contributed by atoms with van der Waals surface area (Å²) in [6.07, 6.45) is 2.04. The van der Waals surface area contributed by atoms with Crippen LogP contribution in [-0.4, -0.2) is 45.4 Å². The first-order chi connectivity index (χ1) is 11.6. The largest absolute Gasteiger partial charge is 0.489 e. The highest BCUT2D eigenvalue weighted by Gasteiger charge is 2.39. The Bertz CT molecular complexity index is 527. The van der Waals surface area contributed by atoms with E-state index < -0.39 is 5.41 Å². The Morgan fingerprint density at radius 1 is 1.42 bits per heavy atom. The zero-order valence-corrected chi connectivity index (χ0v) is 14.4. The van der Waals surface area contributed by atoms with Crippen LogP contribution in [0.4, 0.5) is 4.39 Å². The van der Waals surface area contributed by atoms with Gasteiger partial charge in [-0.05, 0) is 44.5 Å². The molecule has 24 heavy (non-hydrogen) atoms. The van der Waals surface area contributed by atoms with Crippen molar-refractivity contribution >= 4 is 5.91 Å². The molecular weight excluding hydrogens is 311 g/mol. The summed E-state index contributed by atoms with van der Waals surface area (Å²) in [7, 11) is 1.62. The Labute approximate surface area is 142 Å². The van der Waals surface area contributed by atoms with Crippen LogP contribution in [0.5, 0.6) is 5.75 Å². The summed E-state index contributed by atoms with van der Waals surface area (Å²) in [4.78, 5) is 12.7. The maximum Gasteiger partial charge on any atom is 0.228 e. The van der Waals surface area contributed by atoms with E-state index in [1.165, 1.54) is 12.1 Å². The fourth-order valence-corrected chi connectivity index (χ4v) is 3.01. The predicted molar refractivity (Wildman–Crippen MR) is 90.5 cm³/mol. The minimum absolute atomic E-state index is 0.00661. The van der Waals surface area contributed by atoms with E-state index in [9.17, 15) is 9.18 Å². The van der Waals surface area contributed by atoms with Gasteiger partial charge in [-0.2, -0.15) is 0 Å². The first-order valence-corrected chi connectivity index (χ1v) is 8.50. The van der Waals surface area contributed by atoms with Crippen LogP contribution in [-0.2, 0) is 9.53 Å². The quantitative estimate of drug-likeness (QED) is 0.762. The second-order valence-corrected chi connectivity index (χ2v) is 6.28. The number of carbonyl (C=O) groups is 1. The number of hydrogen-bond acceptors (Lipinski definition) is 4. The molecule has 1 aliphatic rings. The fraction of sp³-hybridized carbons (Fsp3) is 0.611. The van der Waals surface area contributed by atoms with Crippen LogP contribution in [0.3, 0.4) is 0 Å². The SMILES string of the molecule is CCC(CNC(=O)C1(COC)CCNCC1)Oc1cccc(F)c1. The molecule has 1 saturated heterocycles. The predicted octanol–water partition coefficient (Wildman–Crippen LogP) is 2.12. The number of hydrogen-bond donors (Lipinski definition) is 2. The second kappa shape index (κ2) is 8.99. The number of rotatable bonds is 8. The molecule has 1 aromatic rings. The van der Waals surface area contributed by atoms with Crippen LogP contribution in [0.1, 0.15) is 26.2 Å². The number of ether oxygens (including phenoxy) is 2. The molecule has 6 heteroatoms. The summed E-state index contributed by atoms with van der Waals surface area (Å²) in [6, 6.07) is 6.05. The van der Waals surface area contributed by atoms with Gasteiger partial charge in [-0.25, -0.2) is 4.39 Å². The molecule has 1 amide bonds. The first-order valence-electron chi connectivity index (χ1n) is 8.50. The number of benzene rings is 1. The molecule has 1 fully saturated rings. The molecule has 0 bridgehead atoms. The molecule has 1 aromatic carbocycles. The Hall–Kier alpha value is -1.66. The maximum absolute atomic E-state index is 13.2. The molecule has 134 valence electrons. The first kappa shape index (κ1) is 18.7. The minimum Gasteiger partial charge on any atom is -0.489 e. The highest BCUT2D eigenvalue weighted by molar-refractivity contribution is 5.83. The normalized spacial score (nSPS) is 18.0. The molecule has 0 saturated carbocycles. The topological polar surface area (TPSA) is 59.6 Å². The van der Waals surface area contributed by atoms with Gasteiger partial charge in [0.05, 0.1) is 18.6 Å². The molecule has 0 aromatic heterocycles. The van der Waals surface area contributed by atoms with Gasteiger partial charge in [-0.15, -0.1) is 0 Å². The van der Waals surface area contributed by atoms with Crippen LogP contribution >= 0.6 is 0 Å². The van der Waals surface area contributed by atoms with Gasteiger partial charge >= 0.3 is 0 Å². The molecule has 1 atom stereocenters. The Morgan fingerprint density at radius 2 is 2.17 bits per heavy atom. The Morgan fingerprint density at radius 3 is 2.79 bits per heavy atom. The van der Waals surface area contributed by atoms with E-state index in [0.717, 1.165) is 32.4 Å². The van der Waals surface area contributed by atoms with Crippen molar-refractivity contribution in [2.45, 2.75) is 32.3 Å². The van der Waals surface area contributed by atoms with Gasteiger partial charge in [-0.3, -0.25) is 4.79 Å². The van der Waals surface area contributed by atoms with Crippen molar-refractivity contribution in [3.63, 3.8) is 0 Å². The van der Waals surface area contributed by atoms with Crippen LogP contribution in [0.25, 0.3) is 0 Å². The van der Waals surface area contributed by atoms with Gasteiger partial charge < -0.3 is 20.1 Å². The molecule has 0 aliphatic carbocycles. The summed E-state index contributed by atoms with van der Waals surface area (Å²) in [5.41, 5.74) is -0.475. The van der Waals surface area contributed by atoms with E-state index in [1.807, 2.05) is 6.92 Å². The third kappa shape index (κ3) is 4.92. The Kier molecular flexibility index (Phi) is 6.99. The van der Waals surface area contributed by atoms with Crippen LogP contribution in [0.15, 0.2) is 24.3 Å². The van der Waals surface area contributed by atoms with Gasteiger partial charge in [0, 0.05) is 13.2 Å². The highest BCUT2D eigenvalue weighted by Crippen LogP contribution is 2.29. The fourth-order valence-electron chi connectivity index (χ4n) is 3.01. The molecule has 1 heterocycles. The van der Waals surface area contributed by atoms with E-state index in [0.29, 0.717) is 18.9 Å².